The molecule has 2 N–H and O–H groups in total. The van der Waals surface area contributed by atoms with Crippen LogP contribution >= 0.6 is 11.3 Å². The van der Waals surface area contributed by atoms with Crippen LogP contribution in [0, 0.1) is 18.3 Å². The van der Waals surface area contributed by atoms with E-state index in [1.807, 2.05) is 0 Å². The number of carbonyl (C=O) groups excluding carboxylic acids is 1. The van der Waals surface area contributed by atoms with E-state index in [1.165, 1.54) is 11.3 Å². The standard InChI is InChI=1S/C13H13N5OS/c1-9-11(20-8-18-9)13(19)17-6-5-16-12-10(7-14)3-2-4-15-12/h2-4,8H,5-6H2,1H3,(H,15,16)(H,17,19). The Hall–Kier alpha value is -2.46. The minimum Gasteiger partial charge on any atom is -0.367 e. The molecule has 0 fully saturated rings. The Labute approximate surface area is 120 Å². The Morgan fingerprint density at radius 2 is 2.30 bits per heavy atom. The summed E-state index contributed by atoms with van der Waals surface area (Å²) in [6.07, 6.45) is 1.61. The molecular weight excluding hydrogens is 274 g/mol. The van der Waals surface area contributed by atoms with Crippen LogP contribution in [0.4, 0.5) is 5.82 Å². The highest BCUT2D eigenvalue weighted by Crippen LogP contribution is 2.11. The van der Waals surface area contributed by atoms with Crippen LogP contribution in [0.15, 0.2) is 23.8 Å². The lowest BCUT2D eigenvalue weighted by atomic mass is 10.3. The van der Waals surface area contributed by atoms with Gasteiger partial charge in [-0.25, -0.2) is 9.97 Å². The first kappa shape index (κ1) is 14.0. The summed E-state index contributed by atoms with van der Waals surface area (Å²) in [4.78, 5) is 20.6. The fraction of sp³-hybridized carbons (Fsp3) is 0.231. The van der Waals surface area contributed by atoms with Crippen LogP contribution in [0.5, 0.6) is 0 Å². The molecule has 0 atom stereocenters. The largest absolute Gasteiger partial charge is 0.367 e. The van der Waals surface area contributed by atoms with E-state index in [2.05, 4.69) is 26.7 Å². The summed E-state index contributed by atoms with van der Waals surface area (Å²) < 4.78 is 0. The first-order valence-corrected chi connectivity index (χ1v) is 6.87. The summed E-state index contributed by atoms with van der Waals surface area (Å²) in [6.45, 7) is 2.74. The summed E-state index contributed by atoms with van der Waals surface area (Å²) in [5.74, 6) is 0.395. The molecule has 2 rings (SSSR count). The molecule has 2 aromatic heterocycles. The Morgan fingerprint density at radius 3 is 3.00 bits per heavy atom. The van der Waals surface area contributed by atoms with Crippen molar-refractivity contribution in [3.05, 3.63) is 40.0 Å². The highest BCUT2D eigenvalue weighted by atomic mass is 32.1. The maximum atomic E-state index is 11.8. The zero-order valence-corrected chi connectivity index (χ0v) is 11.7. The number of nitriles is 1. The first-order chi connectivity index (χ1) is 9.72. The van der Waals surface area contributed by atoms with Crippen molar-refractivity contribution in [3.8, 4) is 6.07 Å². The molecule has 0 aliphatic heterocycles. The van der Waals surface area contributed by atoms with E-state index in [9.17, 15) is 4.79 Å². The summed E-state index contributed by atoms with van der Waals surface area (Å²) in [6, 6.07) is 5.45. The molecule has 0 spiro atoms. The number of anilines is 1. The molecule has 0 bridgehead atoms. The molecule has 0 aliphatic rings. The number of carbonyl (C=O) groups is 1. The van der Waals surface area contributed by atoms with Crippen LogP contribution < -0.4 is 10.6 Å². The molecule has 7 heteroatoms. The summed E-state index contributed by atoms with van der Waals surface area (Å²) in [5, 5.41) is 14.7. The van der Waals surface area contributed by atoms with Crippen molar-refractivity contribution < 1.29 is 4.79 Å². The number of amides is 1. The van der Waals surface area contributed by atoms with Crippen LogP contribution in [0.2, 0.25) is 0 Å². The second kappa shape index (κ2) is 6.63. The van der Waals surface area contributed by atoms with E-state index in [0.29, 0.717) is 29.3 Å². The lowest BCUT2D eigenvalue weighted by molar-refractivity contribution is 0.0958. The smallest absolute Gasteiger partial charge is 0.263 e. The predicted molar refractivity (Wildman–Crippen MR) is 76.6 cm³/mol. The van der Waals surface area contributed by atoms with Gasteiger partial charge in [0, 0.05) is 19.3 Å². The summed E-state index contributed by atoms with van der Waals surface area (Å²) >= 11 is 1.32. The fourth-order valence-corrected chi connectivity index (χ4v) is 2.31. The molecule has 0 saturated heterocycles. The van der Waals surface area contributed by atoms with Gasteiger partial charge in [-0.1, -0.05) is 0 Å². The second-order valence-corrected chi connectivity index (χ2v) is 4.82. The number of hydrogen-bond acceptors (Lipinski definition) is 6. The Balaban J connectivity index is 1.81. The molecule has 0 radical (unpaired) electrons. The number of nitrogens with zero attached hydrogens (tertiary/aromatic N) is 3. The highest BCUT2D eigenvalue weighted by Gasteiger charge is 2.10. The molecule has 2 heterocycles. The van der Waals surface area contributed by atoms with Crippen LogP contribution in [-0.2, 0) is 0 Å². The topological polar surface area (TPSA) is 90.7 Å². The quantitative estimate of drug-likeness (QED) is 0.814. The van der Waals surface area contributed by atoms with Gasteiger partial charge in [0.1, 0.15) is 16.8 Å². The van der Waals surface area contributed by atoms with Gasteiger partial charge in [0.05, 0.1) is 16.8 Å². The number of thiazole rings is 1. The van der Waals surface area contributed by atoms with Crippen molar-refractivity contribution in [1.29, 1.82) is 5.26 Å². The summed E-state index contributed by atoms with van der Waals surface area (Å²) in [5.41, 5.74) is 2.87. The average Bonchev–Trinajstić information content (AvgIpc) is 2.90. The Bertz CT molecular complexity index is 646. The number of pyridine rings is 1. The molecule has 0 unspecified atom stereocenters. The van der Waals surface area contributed by atoms with E-state index in [1.54, 1.807) is 30.8 Å². The third-order valence-electron chi connectivity index (χ3n) is 2.58. The van der Waals surface area contributed by atoms with E-state index >= 15 is 0 Å². The van der Waals surface area contributed by atoms with Gasteiger partial charge in [-0.05, 0) is 19.1 Å². The Kier molecular flexibility index (Phi) is 4.63. The number of nitrogens with one attached hydrogen (secondary N) is 2. The molecular formula is C13H13N5OS. The van der Waals surface area contributed by atoms with E-state index in [0.717, 1.165) is 5.69 Å². The van der Waals surface area contributed by atoms with Crippen molar-refractivity contribution in [2.45, 2.75) is 6.92 Å². The molecule has 0 aliphatic carbocycles. The van der Waals surface area contributed by atoms with Crippen LogP contribution in [-0.4, -0.2) is 29.0 Å². The zero-order chi connectivity index (χ0) is 14.4. The second-order valence-electron chi connectivity index (χ2n) is 3.96. The van der Waals surface area contributed by atoms with Gasteiger partial charge in [0.2, 0.25) is 0 Å². The van der Waals surface area contributed by atoms with Crippen molar-refractivity contribution in [2.75, 3.05) is 18.4 Å². The maximum absolute atomic E-state index is 11.8. The summed E-state index contributed by atoms with van der Waals surface area (Å²) in [7, 11) is 0. The third kappa shape index (κ3) is 3.30. The normalized spacial score (nSPS) is 9.80. The lowest BCUT2D eigenvalue weighted by Crippen LogP contribution is -2.28. The van der Waals surface area contributed by atoms with E-state index in [4.69, 9.17) is 5.26 Å². The minimum atomic E-state index is -0.131. The van der Waals surface area contributed by atoms with Crippen LogP contribution in [0.3, 0.4) is 0 Å². The fourth-order valence-electron chi connectivity index (χ4n) is 1.59. The molecule has 102 valence electrons. The van der Waals surface area contributed by atoms with Gasteiger partial charge in [-0.2, -0.15) is 5.26 Å². The molecule has 0 saturated carbocycles. The van der Waals surface area contributed by atoms with Gasteiger partial charge in [-0.15, -0.1) is 11.3 Å². The zero-order valence-electron chi connectivity index (χ0n) is 10.9. The Morgan fingerprint density at radius 1 is 1.45 bits per heavy atom. The van der Waals surface area contributed by atoms with Crippen molar-refractivity contribution >= 4 is 23.1 Å². The SMILES string of the molecule is Cc1ncsc1C(=O)NCCNc1ncccc1C#N. The van der Waals surface area contributed by atoms with Crippen LogP contribution in [0.1, 0.15) is 20.9 Å². The first-order valence-electron chi connectivity index (χ1n) is 5.99. The molecule has 1 amide bonds. The van der Waals surface area contributed by atoms with Crippen LogP contribution in [0.25, 0.3) is 0 Å². The van der Waals surface area contributed by atoms with Crippen molar-refractivity contribution in [1.82, 2.24) is 15.3 Å². The molecule has 6 nitrogen and oxygen atoms in total. The monoisotopic (exact) mass is 287 g/mol. The van der Waals surface area contributed by atoms with Crippen molar-refractivity contribution in [3.63, 3.8) is 0 Å². The number of aryl methyl sites for hydroxylation is 1. The lowest BCUT2D eigenvalue weighted by Gasteiger charge is -2.07. The van der Waals surface area contributed by atoms with E-state index in [-0.39, 0.29) is 5.91 Å². The number of rotatable bonds is 5. The number of aromatic nitrogens is 2. The van der Waals surface area contributed by atoms with Gasteiger partial charge >= 0.3 is 0 Å². The molecule has 20 heavy (non-hydrogen) atoms. The predicted octanol–water partition coefficient (Wildman–Crippen LogP) is 1.56. The molecule has 2 aromatic rings. The third-order valence-corrected chi connectivity index (χ3v) is 3.51. The number of hydrogen-bond donors (Lipinski definition) is 2. The van der Waals surface area contributed by atoms with Gasteiger partial charge in [0.15, 0.2) is 0 Å². The maximum Gasteiger partial charge on any atom is 0.263 e. The van der Waals surface area contributed by atoms with Gasteiger partial charge < -0.3 is 10.6 Å². The highest BCUT2D eigenvalue weighted by molar-refractivity contribution is 7.11. The minimum absolute atomic E-state index is 0.131. The van der Waals surface area contributed by atoms with E-state index < -0.39 is 0 Å². The van der Waals surface area contributed by atoms with Gasteiger partial charge in [-0.3, -0.25) is 4.79 Å². The van der Waals surface area contributed by atoms with Gasteiger partial charge in [0.25, 0.3) is 5.91 Å². The average molecular weight is 287 g/mol. The van der Waals surface area contributed by atoms with Crippen molar-refractivity contribution in [2.24, 2.45) is 0 Å². The molecule has 0 aromatic carbocycles.